The molecule has 0 aliphatic carbocycles. The molecule has 138 valence electrons. The molecule has 1 amide bonds. The van der Waals surface area contributed by atoms with Gasteiger partial charge < -0.3 is 9.88 Å². The van der Waals surface area contributed by atoms with Crippen molar-refractivity contribution in [1.29, 1.82) is 0 Å². The Bertz CT molecular complexity index is 1130. The number of hydrogen-bond donors (Lipinski definition) is 2. The van der Waals surface area contributed by atoms with Gasteiger partial charge in [-0.15, -0.1) is 0 Å². The van der Waals surface area contributed by atoms with Crippen molar-refractivity contribution in [3.8, 4) is 0 Å². The van der Waals surface area contributed by atoms with Crippen molar-refractivity contribution in [2.45, 2.75) is 26.3 Å². The molecule has 0 saturated carbocycles. The number of pyridine rings is 1. The fourth-order valence-corrected chi connectivity index (χ4v) is 3.73. The minimum Gasteiger partial charge on any atom is -0.336 e. The summed E-state index contributed by atoms with van der Waals surface area (Å²) in [5, 5.41) is 2.16. The van der Waals surface area contributed by atoms with Crippen LogP contribution >= 0.6 is 0 Å². The van der Waals surface area contributed by atoms with E-state index in [1.807, 2.05) is 43.6 Å². The van der Waals surface area contributed by atoms with Gasteiger partial charge in [0.1, 0.15) is 0 Å². The van der Waals surface area contributed by atoms with E-state index >= 15 is 0 Å². The molecule has 0 spiro atoms. The molecule has 1 aliphatic rings. The Morgan fingerprint density at radius 3 is 2.89 bits per heavy atom. The van der Waals surface area contributed by atoms with Gasteiger partial charge in [-0.2, -0.15) is 0 Å². The third-order valence-electron chi connectivity index (χ3n) is 5.12. The lowest BCUT2D eigenvalue weighted by atomic mass is 9.96. The molecule has 2 aromatic heterocycles. The van der Waals surface area contributed by atoms with Gasteiger partial charge in [-0.05, 0) is 23.8 Å². The molecule has 2 N–H and O–H groups in total. The van der Waals surface area contributed by atoms with Crippen molar-refractivity contribution in [3.05, 3.63) is 74.3 Å². The normalized spacial score (nSPS) is 14.8. The van der Waals surface area contributed by atoms with Crippen LogP contribution in [0.4, 0.5) is 0 Å². The lowest BCUT2D eigenvalue weighted by Crippen LogP contribution is -2.43. The molecule has 7 nitrogen and oxygen atoms in total. The Labute approximate surface area is 155 Å². The molecular weight excluding hydrogens is 344 g/mol. The lowest BCUT2D eigenvalue weighted by Gasteiger charge is -2.30. The zero-order chi connectivity index (χ0) is 19.0. The van der Waals surface area contributed by atoms with Crippen LogP contribution in [-0.4, -0.2) is 32.3 Å². The summed E-state index contributed by atoms with van der Waals surface area (Å²) in [6, 6.07) is 8.00. The molecule has 4 rings (SSSR count). The van der Waals surface area contributed by atoms with Crippen LogP contribution in [0.25, 0.3) is 10.8 Å². The first-order chi connectivity index (χ1) is 13.0. The highest BCUT2D eigenvalue weighted by Crippen LogP contribution is 2.22. The SMILES string of the molecule is CC(Cc1cncc2ccccc12)C(=O)N1CCc2c([nH]c(=O)[nH]c2=O)C1. The number of benzene rings is 1. The van der Waals surface area contributed by atoms with Crippen LogP contribution in [0.3, 0.4) is 0 Å². The smallest absolute Gasteiger partial charge is 0.325 e. The van der Waals surface area contributed by atoms with Gasteiger partial charge in [-0.25, -0.2) is 4.79 Å². The average Bonchev–Trinajstić information content (AvgIpc) is 2.67. The molecule has 7 heteroatoms. The molecule has 1 aromatic carbocycles. The maximum Gasteiger partial charge on any atom is 0.325 e. The van der Waals surface area contributed by atoms with Gasteiger partial charge in [-0.3, -0.25) is 19.6 Å². The van der Waals surface area contributed by atoms with Gasteiger partial charge >= 0.3 is 5.69 Å². The second kappa shape index (κ2) is 6.83. The van der Waals surface area contributed by atoms with E-state index in [0.29, 0.717) is 30.6 Å². The molecule has 1 unspecified atom stereocenters. The van der Waals surface area contributed by atoms with Crippen molar-refractivity contribution < 1.29 is 4.79 Å². The van der Waals surface area contributed by atoms with Crippen molar-refractivity contribution in [1.82, 2.24) is 19.9 Å². The zero-order valence-electron chi connectivity index (χ0n) is 15.0. The highest BCUT2D eigenvalue weighted by Gasteiger charge is 2.27. The number of nitrogens with zero attached hydrogens (tertiary/aromatic N) is 2. The molecule has 0 fully saturated rings. The molecule has 0 saturated heterocycles. The number of carbonyl (C=O) groups excluding carboxylic acids is 1. The third kappa shape index (κ3) is 3.28. The standard InChI is InChI=1S/C20H20N4O3/c1-12(8-14-10-21-9-13-4-2-3-5-15(13)14)19(26)24-7-6-16-17(11-24)22-20(27)23-18(16)25/h2-5,9-10,12H,6-8,11H2,1H3,(H2,22,23,25,27). The van der Waals surface area contributed by atoms with E-state index in [1.165, 1.54) is 0 Å². The summed E-state index contributed by atoms with van der Waals surface area (Å²) in [7, 11) is 0. The highest BCUT2D eigenvalue weighted by atomic mass is 16.2. The Morgan fingerprint density at radius 2 is 2.04 bits per heavy atom. The summed E-state index contributed by atoms with van der Waals surface area (Å²) in [5.41, 5.74) is 1.22. The number of carbonyl (C=O) groups is 1. The molecule has 1 atom stereocenters. The van der Waals surface area contributed by atoms with E-state index in [1.54, 1.807) is 4.90 Å². The van der Waals surface area contributed by atoms with Gasteiger partial charge in [0.2, 0.25) is 5.91 Å². The Kier molecular flexibility index (Phi) is 4.35. The van der Waals surface area contributed by atoms with Crippen LogP contribution in [0, 0.1) is 5.92 Å². The van der Waals surface area contributed by atoms with Gasteiger partial charge in [0.15, 0.2) is 0 Å². The topological polar surface area (TPSA) is 98.9 Å². The molecular formula is C20H20N4O3. The van der Waals surface area contributed by atoms with Gasteiger partial charge in [0.25, 0.3) is 5.56 Å². The number of H-pyrrole nitrogens is 2. The number of hydrogen-bond acceptors (Lipinski definition) is 4. The second-order valence-corrected chi connectivity index (χ2v) is 7.00. The largest absolute Gasteiger partial charge is 0.336 e. The maximum atomic E-state index is 12.9. The van der Waals surface area contributed by atoms with Crippen molar-refractivity contribution in [2.75, 3.05) is 6.54 Å². The predicted octanol–water partition coefficient (Wildman–Crippen LogP) is 1.37. The Balaban J connectivity index is 1.54. The van der Waals surface area contributed by atoms with E-state index in [9.17, 15) is 14.4 Å². The summed E-state index contributed by atoms with van der Waals surface area (Å²) in [6.45, 7) is 2.63. The van der Waals surface area contributed by atoms with Gasteiger partial charge in [-0.1, -0.05) is 31.2 Å². The summed E-state index contributed by atoms with van der Waals surface area (Å²) in [6.07, 6.45) is 4.66. The summed E-state index contributed by atoms with van der Waals surface area (Å²) < 4.78 is 0. The molecule has 3 heterocycles. The fraction of sp³-hybridized carbons (Fsp3) is 0.300. The van der Waals surface area contributed by atoms with Gasteiger partial charge in [0, 0.05) is 41.5 Å². The van der Waals surface area contributed by atoms with Crippen LogP contribution in [0.1, 0.15) is 23.7 Å². The minimum atomic E-state index is -0.539. The molecule has 1 aliphatic heterocycles. The average molecular weight is 364 g/mol. The number of aromatic amines is 2. The number of nitrogens with one attached hydrogen (secondary N) is 2. The zero-order valence-corrected chi connectivity index (χ0v) is 15.0. The number of aromatic nitrogens is 3. The maximum absolute atomic E-state index is 12.9. The monoisotopic (exact) mass is 364 g/mol. The Hall–Kier alpha value is -3.22. The van der Waals surface area contributed by atoms with Gasteiger partial charge in [0.05, 0.1) is 6.54 Å². The number of fused-ring (bicyclic) bond motifs is 2. The van der Waals surface area contributed by atoms with Crippen molar-refractivity contribution in [3.63, 3.8) is 0 Å². The molecule has 27 heavy (non-hydrogen) atoms. The van der Waals surface area contributed by atoms with E-state index < -0.39 is 5.69 Å². The fourth-order valence-electron chi connectivity index (χ4n) is 3.73. The van der Waals surface area contributed by atoms with Crippen LogP contribution in [-0.2, 0) is 24.2 Å². The highest BCUT2D eigenvalue weighted by molar-refractivity contribution is 5.86. The molecule has 3 aromatic rings. The van der Waals surface area contributed by atoms with E-state index in [0.717, 1.165) is 16.3 Å². The predicted molar refractivity (Wildman–Crippen MR) is 101 cm³/mol. The number of rotatable bonds is 3. The summed E-state index contributed by atoms with van der Waals surface area (Å²) in [4.78, 5) is 47.2. The lowest BCUT2D eigenvalue weighted by molar-refractivity contribution is -0.136. The van der Waals surface area contributed by atoms with Crippen molar-refractivity contribution >= 4 is 16.7 Å². The van der Waals surface area contributed by atoms with E-state index in [2.05, 4.69) is 15.0 Å². The molecule has 0 radical (unpaired) electrons. The number of amides is 1. The van der Waals surface area contributed by atoms with Crippen LogP contribution in [0.15, 0.2) is 46.2 Å². The molecule has 0 bridgehead atoms. The first-order valence-electron chi connectivity index (χ1n) is 8.97. The van der Waals surface area contributed by atoms with Crippen molar-refractivity contribution in [2.24, 2.45) is 5.92 Å². The second-order valence-electron chi connectivity index (χ2n) is 7.00. The first-order valence-corrected chi connectivity index (χ1v) is 8.97. The van der Waals surface area contributed by atoms with E-state index in [4.69, 9.17) is 0 Å². The van der Waals surface area contributed by atoms with E-state index in [-0.39, 0.29) is 23.9 Å². The quantitative estimate of drug-likeness (QED) is 0.733. The minimum absolute atomic E-state index is 0.00900. The van der Waals surface area contributed by atoms with Crippen LogP contribution in [0.2, 0.25) is 0 Å². The van der Waals surface area contributed by atoms with Crippen LogP contribution in [0.5, 0.6) is 0 Å². The van der Waals surface area contributed by atoms with Crippen LogP contribution < -0.4 is 11.2 Å². The first kappa shape index (κ1) is 17.2. The third-order valence-corrected chi connectivity index (χ3v) is 5.12. The summed E-state index contributed by atoms with van der Waals surface area (Å²) >= 11 is 0. The summed E-state index contributed by atoms with van der Waals surface area (Å²) in [5.74, 6) is -0.220. The Morgan fingerprint density at radius 1 is 1.22 bits per heavy atom.